The maximum absolute atomic E-state index is 13.9. The van der Waals surface area contributed by atoms with Crippen molar-refractivity contribution in [2.75, 3.05) is 26.2 Å². The van der Waals surface area contributed by atoms with Crippen molar-refractivity contribution in [2.45, 2.75) is 4.90 Å². The summed E-state index contributed by atoms with van der Waals surface area (Å²) in [5.41, 5.74) is 0.377. The van der Waals surface area contributed by atoms with Crippen LogP contribution >= 0.6 is 0 Å². The number of nitro benzene ring substituents is 1. The molecule has 0 bridgehead atoms. The zero-order valence-corrected chi connectivity index (χ0v) is 16.4. The van der Waals surface area contributed by atoms with Gasteiger partial charge in [0.15, 0.2) is 0 Å². The number of nitro groups is 1. The van der Waals surface area contributed by atoms with Crippen molar-refractivity contribution in [1.29, 1.82) is 0 Å². The number of hydrogen-bond donors (Lipinski definition) is 0. The van der Waals surface area contributed by atoms with Crippen LogP contribution < -0.4 is 0 Å². The maximum atomic E-state index is 13.9. The Morgan fingerprint density at radius 2 is 1.77 bits per heavy atom. The average Bonchev–Trinajstić information content (AvgIpc) is 2.72. The monoisotopic (exact) mass is 437 g/mol. The molecule has 1 amide bonds. The fourth-order valence-corrected chi connectivity index (χ4v) is 4.45. The average molecular weight is 437 g/mol. The van der Waals surface area contributed by atoms with E-state index in [2.05, 4.69) is 0 Å². The molecule has 30 heavy (non-hydrogen) atoms. The van der Waals surface area contributed by atoms with Gasteiger partial charge >= 0.3 is 0 Å². The van der Waals surface area contributed by atoms with E-state index in [1.807, 2.05) is 0 Å². The molecule has 3 rings (SSSR count). The van der Waals surface area contributed by atoms with E-state index in [1.54, 1.807) is 6.07 Å². The van der Waals surface area contributed by atoms with Gasteiger partial charge in [0.2, 0.25) is 15.9 Å². The second-order valence-corrected chi connectivity index (χ2v) is 8.40. The molecule has 2 aromatic carbocycles. The zero-order chi connectivity index (χ0) is 21.9. The van der Waals surface area contributed by atoms with Crippen molar-refractivity contribution in [2.24, 2.45) is 0 Å². The Morgan fingerprint density at radius 3 is 2.40 bits per heavy atom. The van der Waals surface area contributed by atoms with Crippen molar-refractivity contribution in [3.05, 3.63) is 75.9 Å². The van der Waals surface area contributed by atoms with Crippen molar-refractivity contribution >= 4 is 27.7 Å². The first-order valence-corrected chi connectivity index (χ1v) is 10.3. The molecule has 1 aliphatic heterocycles. The van der Waals surface area contributed by atoms with Crippen LogP contribution in [0.1, 0.15) is 5.56 Å². The Labute approximate surface area is 171 Å². The van der Waals surface area contributed by atoms with Gasteiger partial charge in [-0.15, -0.1) is 0 Å². The summed E-state index contributed by atoms with van der Waals surface area (Å²) >= 11 is 0. The molecule has 0 aromatic heterocycles. The second kappa shape index (κ2) is 8.67. The van der Waals surface area contributed by atoms with E-state index in [1.165, 1.54) is 35.3 Å². The van der Waals surface area contributed by atoms with Crippen molar-refractivity contribution in [3.63, 3.8) is 0 Å². The van der Waals surface area contributed by atoms with Gasteiger partial charge in [-0.2, -0.15) is 4.31 Å². The molecule has 11 heteroatoms. The lowest BCUT2D eigenvalue weighted by Crippen LogP contribution is -2.50. The molecule has 1 heterocycles. The Morgan fingerprint density at radius 1 is 1.07 bits per heavy atom. The van der Waals surface area contributed by atoms with E-state index < -0.39 is 31.5 Å². The molecular weight excluding hydrogens is 420 g/mol. The third-order valence-electron chi connectivity index (χ3n) is 4.56. The summed E-state index contributed by atoms with van der Waals surface area (Å²) in [6.07, 6.45) is 2.69. The lowest BCUT2D eigenvalue weighted by atomic mass is 10.2. The van der Waals surface area contributed by atoms with E-state index >= 15 is 0 Å². The van der Waals surface area contributed by atoms with Gasteiger partial charge in [-0.1, -0.05) is 12.1 Å². The predicted molar refractivity (Wildman–Crippen MR) is 104 cm³/mol. The Kier molecular flexibility index (Phi) is 6.22. The van der Waals surface area contributed by atoms with Crippen LogP contribution in [0.3, 0.4) is 0 Å². The van der Waals surface area contributed by atoms with E-state index in [0.29, 0.717) is 11.6 Å². The highest BCUT2D eigenvalue weighted by atomic mass is 32.2. The van der Waals surface area contributed by atoms with Crippen molar-refractivity contribution in [1.82, 2.24) is 9.21 Å². The number of rotatable bonds is 5. The third-order valence-corrected chi connectivity index (χ3v) is 6.49. The Hall–Kier alpha value is -3.18. The van der Waals surface area contributed by atoms with Crippen LogP contribution in [-0.4, -0.2) is 54.6 Å². The number of carbonyl (C=O) groups excluding carboxylic acids is 1. The fraction of sp³-hybridized carbons (Fsp3) is 0.211. The summed E-state index contributed by atoms with van der Waals surface area (Å²) < 4.78 is 53.1. The molecule has 158 valence electrons. The van der Waals surface area contributed by atoms with Gasteiger partial charge in [-0.05, 0) is 23.8 Å². The maximum Gasteiger partial charge on any atom is 0.270 e. The Bertz CT molecular complexity index is 1110. The van der Waals surface area contributed by atoms with Crippen molar-refractivity contribution in [3.8, 4) is 0 Å². The van der Waals surface area contributed by atoms with Gasteiger partial charge in [0.05, 0.1) is 4.92 Å². The smallest absolute Gasteiger partial charge is 0.270 e. The lowest BCUT2D eigenvalue weighted by molar-refractivity contribution is -0.384. The normalized spacial score (nSPS) is 15.5. The second-order valence-electron chi connectivity index (χ2n) is 6.49. The minimum absolute atomic E-state index is 0.0461. The van der Waals surface area contributed by atoms with Gasteiger partial charge in [0, 0.05) is 50.5 Å². The van der Waals surface area contributed by atoms with Crippen LogP contribution in [-0.2, 0) is 14.8 Å². The lowest BCUT2D eigenvalue weighted by Gasteiger charge is -2.33. The van der Waals surface area contributed by atoms with Crippen LogP contribution in [0.2, 0.25) is 0 Å². The van der Waals surface area contributed by atoms with Gasteiger partial charge in [-0.3, -0.25) is 14.9 Å². The Balaban J connectivity index is 1.64. The summed E-state index contributed by atoms with van der Waals surface area (Å²) in [6.45, 7) is 0.0748. The fourth-order valence-electron chi connectivity index (χ4n) is 2.99. The van der Waals surface area contributed by atoms with Gasteiger partial charge < -0.3 is 4.90 Å². The number of carbonyl (C=O) groups is 1. The first-order valence-electron chi connectivity index (χ1n) is 8.85. The highest BCUT2D eigenvalue weighted by Gasteiger charge is 2.31. The summed E-state index contributed by atoms with van der Waals surface area (Å²) in [6, 6.07) is 8.02. The van der Waals surface area contributed by atoms with Crippen LogP contribution in [0.5, 0.6) is 0 Å². The summed E-state index contributed by atoms with van der Waals surface area (Å²) in [4.78, 5) is 23.4. The first-order chi connectivity index (χ1) is 14.2. The molecule has 0 aliphatic carbocycles. The minimum atomic E-state index is -4.15. The molecule has 0 radical (unpaired) electrons. The van der Waals surface area contributed by atoms with Gasteiger partial charge in [-0.25, -0.2) is 17.2 Å². The number of benzene rings is 2. The van der Waals surface area contributed by atoms with Gasteiger partial charge in [0.25, 0.3) is 5.69 Å². The summed E-state index contributed by atoms with van der Waals surface area (Å²) in [5.74, 6) is -2.43. The summed E-state index contributed by atoms with van der Waals surface area (Å²) in [7, 11) is -4.15. The van der Waals surface area contributed by atoms with Crippen LogP contribution in [0.4, 0.5) is 14.5 Å². The molecule has 8 nitrogen and oxygen atoms in total. The number of nitrogens with zero attached hydrogens (tertiary/aromatic N) is 3. The van der Waals surface area contributed by atoms with Crippen LogP contribution in [0.15, 0.2) is 53.4 Å². The standard InChI is InChI=1S/C19H17F2N3O5S/c20-15-5-6-18(17(21)13-15)30(28,29)23-10-8-22(9-11-23)19(25)7-4-14-2-1-3-16(12-14)24(26)27/h1-7,12-13H,8-11H2/b7-4+. The number of sulfonamides is 1. The molecule has 0 unspecified atom stereocenters. The predicted octanol–water partition coefficient (Wildman–Crippen LogP) is 2.42. The SMILES string of the molecule is O=C(/C=C/c1cccc([N+](=O)[O-])c1)N1CCN(S(=O)(=O)c2ccc(F)cc2F)CC1. The number of piperazine rings is 1. The minimum Gasteiger partial charge on any atom is -0.337 e. The molecule has 0 N–H and O–H groups in total. The molecule has 0 spiro atoms. The topological polar surface area (TPSA) is 101 Å². The van der Waals surface area contributed by atoms with Crippen LogP contribution in [0.25, 0.3) is 6.08 Å². The van der Waals surface area contributed by atoms with E-state index in [9.17, 15) is 32.1 Å². The van der Waals surface area contributed by atoms with Gasteiger partial charge in [0.1, 0.15) is 16.5 Å². The molecule has 1 fully saturated rings. The highest BCUT2D eigenvalue weighted by molar-refractivity contribution is 7.89. The number of non-ortho nitro benzene ring substituents is 1. The molecule has 2 aromatic rings. The van der Waals surface area contributed by atoms with E-state index in [4.69, 9.17) is 0 Å². The summed E-state index contributed by atoms with van der Waals surface area (Å²) in [5, 5.41) is 10.8. The number of hydrogen-bond acceptors (Lipinski definition) is 5. The van der Waals surface area contributed by atoms with Crippen molar-refractivity contribution < 1.29 is 26.9 Å². The van der Waals surface area contributed by atoms with E-state index in [0.717, 1.165) is 16.4 Å². The number of halogens is 2. The molecule has 0 saturated carbocycles. The molecule has 1 saturated heterocycles. The zero-order valence-electron chi connectivity index (χ0n) is 15.6. The quantitative estimate of drug-likeness (QED) is 0.406. The highest BCUT2D eigenvalue weighted by Crippen LogP contribution is 2.21. The molecular formula is C19H17F2N3O5S. The third kappa shape index (κ3) is 4.69. The molecule has 1 aliphatic rings. The first kappa shape index (κ1) is 21.5. The largest absolute Gasteiger partial charge is 0.337 e. The molecule has 0 atom stereocenters. The van der Waals surface area contributed by atoms with E-state index in [-0.39, 0.29) is 37.8 Å². The number of amides is 1. The van der Waals surface area contributed by atoms with Crippen LogP contribution in [0, 0.1) is 21.7 Å².